The largest absolute Gasteiger partial charge is 0.338 e. The molecule has 0 unspecified atom stereocenters. The predicted molar refractivity (Wildman–Crippen MR) is 121 cm³/mol. The number of ketones is 1. The predicted octanol–water partition coefficient (Wildman–Crippen LogP) is 4.50. The topological polar surface area (TPSA) is 79.4 Å². The van der Waals surface area contributed by atoms with Crippen LogP contribution in [0.2, 0.25) is 0 Å². The van der Waals surface area contributed by atoms with Crippen LogP contribution < -0.4 is 5.32 Å². The lowest BCUT2D eigenvalue weighted by molar-refractivity contribution is -0.121. The average molecular weight is 434 g/mol. The Bertz CT molecular complexity index is 1090. The van der Waals surface area contributed by atoms with Crippen LogP contribution in [0.15, 0.2) is 59.4 Å². The van der Waals surface area contributed by atoms with Gasteiger partial charge >= 0.3 is 0 Å². The van der Waals surface area contributed by atoms with E-state index in [4.69, 9.17) is 0 Å². The highest BCUT2D eigenvalue weighted by molar-refractivity contribution is 7.07. The van der Waals surface area contributed by atoms with E-state index in [-0.39, 0.29) is 23.5 Å². The molecule has 6 nitrogen and oxygen atoms in total. The van der Waals surface area contributed by atoms with Crippen molar-refractivity contribution in [2.75, 3.05) is 18.4 Å². The van der Waals surface area contributed by atoms with E-state index >= 15 is 0 Å². The van der Waals surface area contributed by atoms with Crippen LogP contribution in [-0.4, -0.2) is 40.6 Å². The third-order valence-corrected chi connectivity index (χ3v) is 6.08. The first-order valence-corrected chi connectivity index (χ1v) is 11.2. The number of rotatable bonds is 5. The molecule has 1 aliphatic heterocycles. The molecule has 158 valence electrons. The summed E-state index contributed by atoms with van der Waals surface area (Å²) in [6.45, 7) is 2.38. The maximum atomic E-state index is 13.0. The molecule has 2 aromatic carbocycles. The first kappa shape index (κ1) is 20.9. The molecule has 0 radical (unpaired) electrons. The van der Waals surface area contributed by atoms with E-state index in [0.29, 0.717) is 29.9 Å². The summed E-state index contributed by atoms with van der Waals surface area (Å²) in [6.07, 6.45) is 1.47. The molecule has 1 N–H and O–H groups in total. The van der Waals surface area contributed by atoms with Gasteiger partial charge in [0.25, 0.3) is 5.91 Å². The van der Waals surface area contributed by atoms with Crippen LogP contribution >= 0.6 is 11.3 Å². The van der Waals surface area contributed by atoms with Gasteiger partial charge in [0.05, 0.1) is 22.7 Å². The molecule has 2 amide bonds. The standard InChI is InChI=1S/C24H23N3O3S/c1-16(28)20-6-2-3-7-21(20)24(30)27-12-4-5-18(13-27)23(29)26-19-10-8-17(9-11-19)22-14-31-15-25-22/h2-3,6-11,14-15,18H,4-5,12-13H2,1H3,(H,26,29)/t18-/m1/s1. The summed E-state index contributed by atoms with van der Waals surface area (Å²) in [5, 5.41) is 4.94. The van der Waals surface area contributed by atoms with Gasteiger partial charge < -0.3 is 10.2 Å². The second-order valence-electron chi connectivity index (χ2n) is 7.63. The Hall–Kier alpha value is -3.32. The first-order chi connectivity index (χ1) is 15.0. The van der Waals surface area contributed by atoms with Gasteiger partial charge in [-0.25, -0.2) is 4.98 Å². The number of hydrogen-bond donors (Lipinski definition) is 1. The molecular formula is C24H23N3O3S. The zero-order valence-electron chi connectivity index (χ0n) is 17.2. The highest BCUT2D eigenvalue weighted by Crippen LogP contribution is 2.24. The SMILES string of the molecule is CC(=O)c1ccccc1C(=O)N1CCC[C@@H](C(=O)Nc2ccc(-c3cscn3)cc2)C1. The van der Waals surface area contributed by atoms with Crippen molar-refractivity contribution in [3.8, 4) is 11.3 Å². The number of thiazole rings is 1. The summed E-state index contributed by atoms with van der Waals surface area (Å²) in [7, 11) is 0. The smallest absolute Gasteiger partial charge is 0.254 e. The number of aromatic nitrogens is 1. The van der Waals surface area contributed by atoms with E-state index in [1.807, 2.05) is 29.6 Å². The molecule has 0 bridgehead atoms. The molecule has 1 saturated heterocycles. The van der Waals surface area contributed by atoms with E-state index in [1.165, 1.54) is 18.3 Å². The number of hydrogen-bond acceptors (Lipinski definition) is 5. The lowest BCUT2D eigenvalue weighted by Crippen LogP contribution is -2.44. The van der Waals surface area contributed by atoms with Crippen LogP contribution in [0.25, 0.3) is 11.3 Å². The van der Waals surface area contributed by atoms with Gasteiger partial charge in [-0.3, -0.25) is 14.4 Å². The molecule has 3 aromatic rings. The summed E-state index contributed by atoms with van der Waals surface area (Å²) in [5.74, 6) is -0.730. The van der Waals surface area contributed by atoms with Crippen LogP contribution in [0, 0.1) is 5.92 Å². The fraction of sp³-hybridized carbons (Fsp3) is 0.250. The minimum Gasteiger partial charge on any atom is -0.338 e. The Kier molecular flexibility index (Phi) is 6.23. The van der Waals surface area contributed by atoms with Crippen molar-refractivity contribution in [2.45, 2.75) is 19.8 Å². The van der Waals surface area contributed by atoms with Gasteiger partial charge in [-0.2, -0.15) is 0 Å². The second kappa shape index (κ2) is 9.22. The molecule has 0 saturated carbocycles. The highest BCUT2D eigenvalue weighted by atomic mass is 32.1. The van der Waals surface area contributed by atoms with E-state index in [2.05, 4.69) is 10.3 Å². The summed E-state index contributed by atoms with van der Waals surface area (Å²) < 4.78 is 0. The minimum atomic E-state index is -0.291. The zero-order chi connectivity index (χ0) is 21.8. The monoisotopic (exact) mass is 433 g/mol. The second-order valence-corrected chi connectivity index (χ2v) is 8.35. The fourth-order valence-corrected chi connectivity index (χ4v) is 4.41. The Balaban J connectivity index is 1.42. The molecule has 1 fully saturated rings. The third kappa shape index (κ3) is 4.72. The highest BCUT2D eigenvalue weighted by Gasteiger charge is 2.30. The Morgan fingerprint density at radius 2 is 1.81 bits per heavy atom. The molecule has 31 heavy (non-hydrogen) atoms. The molecule has 7 heteroatoms. The number of Topliss-reactive ketones (excluding diaryl/α,β-unsaturated/α-hetero) is 1. The van der Waals surface area contributed by atoms with Gasteiger partial charge in [0.2, 0.25) is 5.91 Å². The van der Waals surface area contributed by atoms with Gasteiger partial charge in [0.15, 0.2) is 5.78 Å². The molecule has 4 rings (SSSR count). The lowest BCUT2D eigenvalue weighted by Gasteiger charge is -2.32. The van der Waals surface area contributed by atoms with Crippen molar-refractivity contribution in [3.05, 3.63) is 70.5 Å². The molecule has 1 atom stereocenters. The van der Waals surface area contributed by atoms with Crippen molar-refractivity contribution < 1.29 is 14.4 Å². The number of anilines is 1. The molecule has 1 aromatic heterocycles. The number of nitrogens with zero attached hydrogens (tertiary/aromatic N) is 2. The number of likely N-dealkylation sites (tertiary alicyclic amines) is 1. The average Bonchev–Trinajstić information content (AvgIpc) is 3.34. The molecular weight excluding hydrogens is 410 g/mol. The maximum absolute atomic E-state index is 13.0. The normalized spacial score (nSPS) is 16.0. The summed E-state index contributed by atoms with van der Waals surface area (Å²) >= 11 is 1.54. The van der Waals surface area contributed by atoms with Gasteiger partial charge in [-0.15, -0.1) is 11.3 Å². The Morgan fingerprint density at radius 3 is 2.48 bits per heavy atom. The van der Waals surface area contributed by atoms with E-state index in [0.717, 1.165) is 24.1 Å². The first-order valence-electron chi connectivity index (χ1n) is 10.2. The van der Waals surface area contributed by atoms with Crippen molar-refractivity contribution >= 4 is 34.6 Å². The molecule has 0 spiro atoms. The quantitative estimate of drug-likeness (QED) is 0.601. The third-order valence-electron chi connectivity index (χ3n) is 5.50. The van der Waals surface area contributed by atoms with Gasteiger partial charge in [0, 0.05) is 35.3 Å². The van der Waals surface area contributed by atoms with E-state index in [9.17, 15) is 14.4 Å². The maximum Gasteiger partial charge on any atom is 0.254 e. The minimum absolute atomic E-state index is 0.0984. The van der Waals surface area contributed by atoms with Crippen molar-refractivity contribution in [1.82, 2.24) is 9.88 Å². The van der Waals surface area contributed by atoms with Crippen molar-refractivity contribution in [1.29, 1.82) is 0 Å². The van der Waals surface area contributed by atoms with Crippen LogP contribution in [0.1, 0.15) is 40.5 Å². The Morgan fingerprint density at radius 1 is 1.06 bits per heavy atom. The number of benzene rings is 2. The summed E-state index contributed by atoms with van der Waals surface area (Å²) in [5.41, 5.74) is 5.23. The van der Waals surface area contributed by atoms with Gasteiger partial charge in [-0.05, 0) is 38.0 Å². The van der Waals surface area contributed by atoms with Gasteiger partial charge in [0.1, 0.15) is 0 Å². The number of amides is 2. The van der Waals surface area contributed by atoms with Crippen LogP contribution in [0.5, 0.6) is 0 Å². The number of carbonyl (C=O) groups excluding carboxylic acids is 3. The molecule has 2 heterocycles. The molecule has 0 aliphatic carbocycles. The lowest BCUT2D eigenvalue weighted by atomic mass is 9.95. The Labute approximate surface area is 184 Å². The zero-order valence-corrected chi connectivity index (χ0v) is 18.0. The summed E-state index contributed by atoms with van der Waals surface area (Å²) in [6, 6.07) is 14.4. The van der Waals surface area contributed by atoms with E-state index < -0.39 is 0 Å². The summed E-state index contributed by atoms with van der Waals surface area (Å²) in [4.78, 5) is 43.7. The fourth-order valence-electron chi connectivity index (χ4n) is 3.85. The van der Waals surface area contributed by atoms with Crippen LogP contribution in [0.4, 0.5) is 5.69 Å². The van der Waals surface area contributed by atoms with Crippen molar-refractivity contribution in [2.24, 2.45) is 5.92 Å². The number of carbonyl (C=O) groups is 3. The van der Waals surface area contributed by atoms with E-state index in [1.54, 1.807) is 34.7 Å². The van der Waals surface area contributed by atoms with Crippen LogP contribution in [-0.2, 0) is 4.79 Å². The van der Waals surface area contributed by atoms with Crippen LogP contribution in [0.3, 0.4) is 0 Å². The molecule has 1 aliphatic rings. The number of piperidine rings is 1. The van der Waals surface area contributed by atoms with Crippen molar-refractivity contribution in [3.63, 3.8) is 0 Å². The van der Waals surface area contributed by atoms with Gasteiger partial charge in [-0.1, -0.05) is 30.3 Å². The number of nitrogens with one attached hydrogen (secondary N) is 1.